The Morgan fingerprint density at radius 2 is 2.04 bits per heavy atom. The first-order valence-corrected chi connectivity index (χ1v) is 9.25. The van der Waals surface area contributed by atoms with E-state index in [9.17, 15) is 9.59 Å². The van der Waals surface area contributed by atoms with Gasteiger partial charge in [-0.3, -0.25) is 9.59 Å². The summed E-state index contributed by atoms with van der Waals surface area (Å²) in [5, 5.41) is 8.10. The molecule has 1 amide bonds. The van der Waals surface area contributed by atoms with Crippen molar-refractivity contribution in [2.45, 2.75) is 32.9 Å². The van der Waals surface area contributed by atoms with Crippen molar-refractivity contribution in [1.29, 1.82) is 0 Å². The van der Waals surface area contributed by atoms with E-state index in [-0.39, 0.29) is 11.7 Å². The molecule has 0 fully saturated rings. The summed E-state index contributed by atoms with van der Waals surface area (Å²) in [6, 6.07) is 9.06. The van der Waals surface area contributed by atoms with Crippen LogP contribution in [0.1, 0.15) is 42.2 Å². The number of hydrogen-bond donors (Lipinski definition) is 1. The average Bonchev–Trinajstić information content (AvgIpc) is 3.29. The molecular formula is C21H21N5O2. The molecule has 0 saturated carbocycles. The van der Waals surface area contributed by atoms with Crippen LogP contribution in [0, 0.1) is 0 Å². The van der Waals surface area contributed by atoms with Gasteiger partial charge in [0.25, 0.3) is 0 Å². The average molecular weight is 375 g/mol. The minimum absolute atomic E-state index is 0.0114. The molecule has 4 rings (SSSR count). The smallest absolute Gasteiger partial charge is 0.243 e. The third-order valence-electron chi connectivity index (χ3n) is 4.95. The van der Waals surface area contributed by atoms with Gasteiger partial charge in [0.1, 0.15) is 6.04 Å². The van der Waals surface area contributed by atoms with Gasteiger partial charge in [-0.2, -0.15) is 5.10 Å². The van der Waals surface area contributed by atoms with E-state index in [1.165, 1.54) is 0 Å². The highest BCUT2D eigenvalue weighted by molar-refractivity contribution is 6.07. The molecule has 4 aromatic rings. The fourth-order valence-corrected chi connectivity index (χ4v) is 3.55. The summed E-state index contributed by atoms with van der Waals surface area (Å²) in [6.07, 6.45) is 7.62. The van der Waals surface area contributed by atoms with Crippen LogP contribution in [0.4, 0.5) is 0 Å². The molecule has 7 nitrogen and oxygen atoms in total. The Hall–Kier alpha value is -3.48. The highest BCUT2D eigenvalue weighted by Crippen LogP contribution is 2.27. The molecule has 3 heterocycles. The van der Waals surface area contributed by atoms with E-state index in [0.717, 1.165) is 22.1 Å². The standard InChI is InChI=1S/C21H21N5O2/c1-3-18(25-13-17(14(2)27)16-7-4-5-8-19(16)25)21(28)23-11-15-12-24-26-10-6-9-22-20(15)26/h4-10,12-13,18H,3,11H2,1-2H3,(H,23,28)/t18-/m0/s1. The number of nitrogens with zero attached hydrogens (tertiary/aromatic N) is 4. The van der Waals surface area contributed by atoms with Crippen molar-refractivity contribution in [3.8, 4) is 0 Å². The van der Waals surface area contributed by atoms with Gasteiger partial charge in [-0.1, -0.05) is 25.1 Å². The zero-order valence-corrected chi connectivity index (χ0v) is 15.8. The van der Waals surface area contributed by atoms with E-state index in [0.29, 0.717) is 18.5 Å². The number of amides is 1. The van der Waals surface area contributed by atoms with Gasteiger partial charge in [0.05, 0.1) is 6.20 Å². The lowest BCUT2D eigenvalue weighted by molar-refractivity contribution is -0.124. The van der Waals surface area contributed by atoms with Crippen LogP contribution >= 0.6 is 0 Å². The number of aromatic nitrogens is 4. The van der Waals surface area contributed by atoms with Crippen LogP contribution in [0.15, 0.2) is 55.1 Å². The summed E-state index contributed by atoms with van der Waals surface area (Å²) in [5.41, 5.74) is 3.09. The zero-order valence-electron chi connectivity index (χ0n) is 15.8. The number of carbonyl (C=O) groups excluding carboxylic acids is 2. The zero-order chi connectivity index (χ0) is 19.7. The number of para-hydroxylation sites is 1. The molecule has 0 aliphatic heterocycles. The number of ketones is 1. The fraction of sp³-hybridized carbons (Fsp3) is 0.238. The van der Waals surface area contributed by atoms with Crippen molar-refractivity contribution in [3.05, 3.63) is 66.2 Å². The number of fused-ring (bicyclic) bond motifs is 2. The van der Waals surface area contributed by atoms with E-state index in [2.05, 4.69) is 15.4 Å². The van der Waals surface area contributed by atoms with Gasteiger partial charge < -0.3 is 9.88 Å². The molecule has 0 unspecified atom stereocenters. The van der Waals surface area contributed by atoms with Crippen molar-refractivity contribution in [2.24, 2.45) is 0 Å². The highest BCUT2D eigenvalue weighted by Gasteiger charge is 2.22. The topological polar surface area (TPSA) is 81.3 Å². The van der Waals surface area contributed by atoms with Gasteiger partial charge in [-0.25, -0.2) is 9.50 Å². The molecule has 142 valence electrons. The van der Waals surface area contributed by atoms with Crippen LogP contribution in [-0.4, -0.2) is 30.9 Å². The molecule has 1 N–H and O–H groups in total. The monoisotopic (exact) mass is 375 g/mol. The molecule has 0 aliphatic carbocycles. The molecular weight excluding hydrogens is 354 g/mol. The van der Waals surface area contributed by atoms with E-state index in [1.807, 2.05) is 42.0 Å². The molecule has 0 saturated heterocycles. The molecule has 7 heteroatoms. The van der Waals surface area contributed by atoms with Crippen molar-refractivity contribution in [1.82, 2.24) is 24.5 Å². The Morgan fingerprint density at radius 1 is 1.21 bits per heavy atom. The second kappa shape index (κ2) is 7.26. The van der Waals surface area contributed by atoms with Crippen LogP contribution < -0.4 is 5.32 Å². The number of rotatable bonds is 6. The largest absolute Gasteiger partial charge is 0.350 e. The first-order valence-electron chi connectivity index (χ1n) is 9.25. The molecule has 3 aromatic heterocycles. The van der Waals surface area contributed by atoms with Crippen molar-refractivity contribution < 1.29 is 9.59 Å². The van der Waals surface area contributed by atoms with Crippen LogP contribution in [0.3, 0.4) is 0 Å². The number of Topliss-reactive ketones (excluding diaryl/α,β-unsaturated/α-hetero) is 1. The summed E-state index contributed by atoms with van der Waals surface area (Å²) < 4.78 is 3.58. The Morgan fingerprint density at radius 3 is 2.82 bits per heavy atom. The van der Waals surface area contributed by atoms with Gasteiger partial charge in [0.15, 0.2) is 11.4 Å². The Balaban J connectivity index is 1.61. The lowest BCUT2D eigenvalue weighted by Gasteiger charge is -2.18. The molecule has 0 bridgehead atoms. The maximum atomic E-state index is 13.0. The lowest BCUT2D eigenvalue weighted by atomic mass is 10.1. The minimum atomic E-state index is -0.409. The quantitative estimate of drug-likeness (QED) is 0.525. The molecule has 0 spiro atoms. The van der Waals surface area contributed by atoms with Crippen molar-refractivity contribution >= 4 is 28.2 Å². The Labute approximate surface area is 162 Å². The Kier molecular flexibility index (Phi) is 4.65. The molecule has 1 atom stereocenters. The van der Waals surface area contributed by atoms with E-state index >= 15 is 0 Å². The maximum Gasteiger partial charge on any atom is 0.243 e. The van der Waals surface area contributed by atoms with Crippen LogP contribution in [0.5, 0.6) is 0 Å². The first kappa shape index (κ1) is 17.9. The van der Waals surface area contributed by atoms with Crippen molar-refractivity contribution in [2.75, 3.05) is 0 Å². The predicted molar refractivity (Wildman–Crippen MR) is 106 cm³/mol. The third-order valence-corrected chi connectivity index (χ3v) is 4.95. The van der Waals surface area contributed by atoms with Crippen LogP contribution in [0.25, 0.3) is 16.6 Å². The van der Waals surface area contributed by atoms with Gasteiger partial charge >= 0.3 is 0 Å². The highest BCUT2D eigenvalue weighted by atomic mass is 16.2. The Bertz CT molecular complexity index is 1170. The van der Waals surface area contributed by atoms with Gasteiger partial charge in [-0.15, -0.1) is 0 Å². The second-order valence-corrected chi connectivity index (χ2v) is 6.72. The maximum absolute atomic E-state index is 13.0. The fourth-order valence-electron chi connectivity index (χ4n) is 3.55. The van der Waals surface area contributed by atoms with E-state index in [1.54, 1.807) is 36.1 Å². The van der Waals surface area contributed by atoms with Gasteiger partial charge in [0.2, 0.25) is 5.91 Å². The predicted octanol–water partition coefficient (Wildman–Crippen LogP) is 3.15. The number of benzene rings is 1. The number of carbonyl (C=O) groups is 2. The second-order valence-electron chi connectivity index (χ2n) is 6.72. The summed E-state index contributed by atoms with van der Waals surface area (Å²) in [4.78, 5) is 29.3. The third kappa shape index (κ3) is 3.05. The summed E-state index contributed by atoms with van der Waals surface area (Å²) in [5.74, 6) is -0.115. The van der Waals surface area contributed by atoms with Crippen molar-refractivity contribution in [3.63, 3.8) is 0 Å². The van der Waals surface area contributed by atoms with E-state index in [4.69, 9.17) is 0 Å². The lowest BCUT2D eigenvalue weighted by Crippen LogP contribution is -2.31. The van der Waals surface area contributed by atoms with Crippen LogP contribution in [-0.2, 0) is 11.3 Å². The molecule has 1 aromatic carbocycles. The number of nitrogens with one attached hydrogen (secondary N) is 1. The van der Waals surface area contributed by atoms with Gasteiger partial charge in [0, 0.05) is 47.2 Å². The van der Waals surface area contributed by atoms with Gasteiger partial charge in [-0.05, 0) is 25.5 Å². The summed E-state index contributed by atoms with van der Waals surface area (Å²) in [6.45, 7) is 3.85. The summed E-state index contributed by atoms with van der Waals surface area (Å²) >= 11 is 0. The van der Waals surface area contributed by atoms with Crippen LogP contribution in [0.2, 0.25) is 0 Å². The minimum Gasteiger partial charge on any atom is -0.350 e. The molecule has 28 heavy (non-hydrogen) atoms. The molecule has 0 aliphatic rings. The normalized spacial score (nSPS) is 12.4. The summed E-state index contributed by atoms with van der Waals surface area (Å²) in [7, 11) is 0. The number of hydrogen-bond acceptors (Lipinski definition) is 4. The molecule has 0 radical (unpaired) electrons. The van der Waals surface area contributed by atoms with E-state index < -0.39 is 6.04 Å². The first-order chi connectivity index (χ1) is 13.6. The SMILES string of the molecule is CC[C@@H](C(=O)NCc1cnn2cccnc12)n1cc(C(C)=O)c2ccccc21.